The van der Waals surface area contributed by atoms with Gasteiger partial charge >= 0.3 is 0 Å². The van der Waals surface area contributed by atoms with Crippen molar-refractivity contribution in [2.45, 2.75) is 29.9 Å². The molecule has 0 aliphatic carbocycles. The van der Waals surface area contributed by atoms with Crippen molar-refractivity contribution in [3.8, 4) is 0 Å². The summed E-state index contributed by atoms with van der Waals surface area (Å²) in [5.74, 6) is -0.581. The Morgan fingerprint density at radius 3 is 3.00 bits per heavy atom. The van der Waals surface area contributed by atoms with E-state index in [-0.39, 0.29) is 17.0 Å². The predicted molar refractivity (Wildman–Crippen MR) is 89.0 cm³/mol. The number of aromatic nitrogens is 2. The fraction of sp³-hybridized carbons (Fsp3) is 0.357. The van der Waals surface area contributed by atoms with Crippen LogP contribution < -0.4 is 10.6 Å². The monoisotopic (exact) mass is 340 g/mol. The van der Waals surface area contributed by atoms with Gasteiger partial charge in [-0.2, -0.15) is 0 Å². The Morgan fingerprint density at radius 1 is 1.45 bits per heavy atom. The first-order valence-electron chi connectivity index (χ1n) is 6.89. The molecule has 0 saturated carbocycles. The van der Waals surface area contributed by atoms with Crippen LogP contribution in [-0.2, 0) is 4.79 Å². The molecule has 0 aliphatic heterocycles. The Labute approximate surface area is 136 Å². The van der Waals surface area contributed by atoms with Crippen LogP contribution in [0.2, 0.25) is 0 Å². The average molecular weight is 340 g/mol. The van der Waals surface area contributed by atoms with Crippen LogP contribution in [0.5, 0.6) is 0 Å². The third-order valence-corrected chi connectivity index (χ3v) is 4.74. The van der Waals surface area contributed by atoms with E-state index in [1.165, 1.54) is 35.2 Å². The first-order chi connectivity index (χ1) is 10.6. The number of carbonyl (C=O) groups is 1. The summed E-state index contributed by atoms with van der Waals surface area (Å²) in [4.78, 5) is 12.1. The van der Waals surface area contributed by atoms with E-state index in [4.69, 9.17) is 0 Å². The number of thioether (sulfide) groups is 1. The van der Waals surface area contributed by atoms with Crippen molar-refractivity contribution in [2.75, 3.05) is 17.2 Å². The molecule has 2 rings (SSSR count). The number of amides is 1. The summed E-state index contributed by atoms with van der Waals surface area (Å²) in [5.41, 5.74) is 0.444. The van der Waals surface area contributed by atoms with Crippen molar-refractivity contribution < 1.29 is 9.18 Å². The smallest absolute Gasteiger partial charge is 0.237 e. The van der Waals surface area contributed by atoms with Crippen molar-refractivity contribution in [1.29, 1.82) is 0 Å². The van der Waals surface area contributed by atoms with Crippen molar-refractivity contribution in [3.05, 3.63) is 30.1 Å². The molecule has 1 atom stereocenters. The Kier molecular flexibility index (Phi) is 6.14. The van der Waals surface area contributed by atoms with Crippen molar-refractivity contribution in [1.82, 2.24) is 10.2 Å². The molecule has 2 N–H and O–H groups in total. The molecule has 1 aromatic carbocycles. The molecule has 5 nitrogen and oxygen atoms in total. The van der Waals surface area contributed by atoms with Crippen molar-refractivity contribution in [2.24, 2.45) is 0 Å². The second-order valence-electron chi connectivity index (χ2n) is 4.56. The van der Waals surface area contributed by atoms with Gasteiger partial charge in [0.25, 0.3) is 0 Å². The number of hydrogen-bond donors (Lipinski definition) is 2. The maximum Gasteiger partial charge on any atom is 0.237 e. The van der Waals surface area contributed by atoms with Crippen LogP contribution in [0.3, 0.4) is 0 Å². The van der Waals surface area contributed by atoms with Crippen LogP contribution in [0.1, 0.15) is 20.3 Å². The minimum atomic E-state index is -0.381. The van der Waals surface area contributed by atoms with Gasteiger partial charge in [0.2, 0.25) is 11.0 Å². The molecule has 22 heavy (non-hydrogen) atoms. The second kappa shape index (κ2) is 8.09. The molecule has 1 aromatic heterocycles. The lowest BCUT2D eigenvalue weighted by molar-refractivity contribution is -0.115. The molecule has 1 heterocycles. The van der Waals surface area contributed by atoms with Gasteiger partial charge in [0.1, 0.15) is 5.82 Å². The van der Waals surface area contributed by atoms with E-state index in [2.05, 4.69) is 27.8 Å². The van der Waals surface area contributed by atoms with Gasteiger partial charge < -0.3 is 10.6 Å². The molecule has 1 amide bonds. The number of nitrogens with one attached hydrogen (secondary N) is 2. The number of anilines is 2. The van der Waals surface area contributed by atoms with Gasteiger partial charge in [0, 0.05) is 12.2 Å². The number of hydrogen-bond acceptors (Lipinski definition) is 6. The second-order valence-corrected chi connectivity index (χ2v) is 7.13. The van der Waals surface area contributed by atoms with E-state index in [1.54, 1.807) is 19.1 Å². The molecule has 0 radical (unpaired) electrons. The molecule has 8 heteroatoms. The Morgan fingerprint density at radius 2 is 2.27 bits per heavy atom. The molecule has 0 saturated heterocycles. The standard InChI is InChI=1S/C14H17FN4OS2/c1-3-7-16-13-18-19-14(22-13)21-9(2)12(20)17-11-6-4-5-10(15)8-11/h4-6,8-9H,3,7H2,1-2H3,(H,16,18)(H,17,20)/t9-/m1/s1. The van der Waals surface area contributed by atoms with Crippen LogP contribution >= 0.6 is 23.1 Å². The summed E-state index contributed by atoms with van der Waals surface area (Å²) in [7, 11) is 0. The molecule has 2 aromatic rings. The first kappa shape index (κ1) is 16.7. The summed E-state index contributed by atoms with van der Waals surface area (Å²) >= 11 is 2.75. The van der Waals surface area contributed by atoms with E-state index >= 15 is 0 Å². The van der Waals surface area contributed by atoms with E-state index in [1.807, 2.05) is 0 Å². The van der Waals surface area contributed by atoms with Gasteiger partial charge in [-0.1, -0.05) is 36.1 Å². The zero-order valence-electron chi connectivity index (χ0n) is 12.3. The SMILES string of the molecule is CCCNc1nnc(S[C@H](C)C(=O)Nc2cccc(F)c2)s1. The maximum atomic E-state index is 13.1. The zero-order valence-corrected chi connectivity index (χ0v) is 13.9. The molecular formula is C14H17FN4OS2. The molecule has 0 fully saturated rings. The van der Waals surface area contributed by atoms with Crippen molar-refractivity contribution in [3.63, 3.8) is 0 Å². The summed E-state index contributed by atoms with van der Waals surface area (Å²) in [6.07, 6.45) is 1.01. The summed E-state index contributed by atoms with van der Waals surface area (Å²) in [6.45, 7) is 4.69. The van der Waals surface area contributed by atoms with Gasteiger partial charge in [-0.3, -0.25) is 4.79 Å². The molecule has 0 bridgehead atoms. The fourth-order valence-electron chi connectivity index (χ4n) is 1.58. The Bertz CT molecular complexity index is 635. The van der Waals surface area contributed by atoms with Gasteiger partial charge in [-0.05, 0) is 31.5 Å². The molecular weight excluding hydrogens is 323 g/mol. The van der Waals surface area contributed by atoms with Crippen molar-refractivity contribution >= 4 is 39.8 Å². The van der Waals surface area contributed by atoms with E-state index < -0.39 is 0 Å². The van der Waals surface area contributed by atoms with Crippen LogP contribution in [0.15, 0.2) is 28.6 Å². The summed E-state index contributed by atoms with van der Waals surface area (Å²) < 4.78 is 13.8. The van der Waals surface area contributed by atoms with E-state index in [0.717, 1.165) is 22.4 Å². The van der Waals surface area contributed by atoms with Gasteiger partial charge in [-0.15, -0.1) is 10.2 Å². The maximum absolute atomic E-state index is 13.1. The van der Waals surface area contributed by atoms with Crippen LogP contribution in [0.4, 0.5) is 15.2 Å². The highest BCUT2D eigenvalue weighted by Crippen LogP contribution is 2.29. The first-order valence-corrected chi connectivity index (χ1v) is 8.58. The average Bonchev–Trinajstić information content (AvgIpc) is 2.92. The predicted octanol–water partition coefficient (Wildman–Crippen LogP) is 3.62. The largest absolute Gasteiger partial charge is 0.360 e. The lowest BCUT2D eigenvalue weighted by Crippen LogP contribution is -2.22. The molecule has 118 valence electrons. The normalized spacial score (nSPS) is 12.0. The highest BCUT2D eigenvalue weighted by atomic mass is 32.2. The highest BCUT2D eigenvalue weighted by Gasteiger charge is 2.17. The van der Waals surface area contributed by atoms with Gasteiger partial charge in [0.15, 0.2) is 4.34 Å². The van der Waals surface area contributed by atoms with E-state index in [0.29, 0.717) is 5.69 Å². The fourth-order valence-corrected chi connectivity index (χ4v) is 3.50. The third-order valence-electron chi connectivity index (χ3n) is 2.67. The lowest BCUT2D eigenvalue weighted by atomic mass is 10.3. The van der Waals surface area contributed by atoms with E-state index in [9.17, 15) is 9.18 Å². The minimum absolute atomic E-state index is 0.200. The zero-order chi connectivity index (χ0) is 15.9. The summed E-state index contributed by atoms with van der Waals surface area (Å²) in [6, 6.07) is 5.82. The third kappa shape index (κ3) is 4.96. The summed E-state index contributed by atoms with van der Waals surface area (Å²) in [5, 5.41) is 14.3. The number of rotatable bonds is 7. The Hall–Kier alpha value is -1.67. The topological polar surface area (TPSA) is 66.9 Å². The molecule has 0 aliphatic rings. The number of carbonyl (C=O) groups excluding carboxylic acids is 1. The van der Waals surface area contributed by atoms with Gasteiger partial charge in [0.05, 0.1) is 5.25 Å². The van der Waals surface area contributed by atoms with Gasteiger partial charge in [-0.25, -0.2) is 4.39 Å². The molecule has 0 unspecified atom stereocenters. The minimum Gasteiger partial charge on any atom is -0.360 e. The number of halogens is 1. The molecule has 0 spiro atoms. The quantitative estimate of drug-likeness (QED) is 0.754. The highest BCUT2D eigenvalue weighted by molar-refractivity contribution is 8.02. The lowest BCUT2D eigenvalue weighted by Gasteiger charge is -2.10. The number of nitrogens with zero attached hydrogens (tertiary/aromatic N) is 2. The number of benzene rings is 1. The van der Waals surface area contributed by atoms with Crippen LogP contribution in [0.25, 0.3) is 0 Å². The van der Waals surface area contributed by atoms with Crippen LogP contribution in [-0.4, -0.2) is 27.9 Å². The Balaban J connectivity index is 1.89. The van der Waals surface area contributed by atoms with Crippen LogP contribution in [0, 0.1) is 5.82 Å².